The molecule has 2 aliphatic rings. The van der Waals surface area contributed by atoms with Crippen LogP contribution in [0.25, 0.3) is 0 Å². The van der Waals surface area contributed by atoms with Crippen LogP contribution in [0, 0.1) is 0 Å². The van der Waals surface area contributed by atoms with Crippen LogP contribution in [0.15, 0.2) is 11.5 Å². The molecule has 18 heavy (non-hydrogen) atoms. The maximum absolute atomic E-state index is 6.00. The summed E-state index contributed by atoms with van der Waals surface area (Å²) < 4.78 is 17.7. The van der Waals surface area contributed by atoms with E-state index in [1.165, 1.54) is 5.57 Å². The monoisotopic (exact) mass is 252 g/mol. The first-order valence-corrected chi connectivity index (χ1v) is 6.81. The van der Waals surface area contributed by atoms with Gasteiger partial charge < -0.3 is 14.0 Å². The lowest BCUT2D eigenvalue weighted by Crippen LogP contribution is -2.41. The Bertz CT molecular complexity index is 342. The van der Waals surface area contributed by atoms with E-state index in [2.05, 4.69) is 47.5 Å². The van der Waals surface area contributed by atoms with E-state index >= 15 is 0 Å². The van der Waals surface area contributed by atoms with Gasteiger partial charge in [-0.05, 0) is 54.4 Å². The van der Waals surface area contributed by atoms with Crippen LogP contribution < -0.4 is 0 Å². The number of hydrogen-bond acceptors (Lipinski definition) is 3. The van der Waals surface area contributed by atoms with E-state index in [1.54, 1.807) is 0 Å². The minimum absolute atomic E-state index is 0.0618. The van der Waals surface area contributed by atoms with Crippen LogP contribution in [0.2, 0.25) is 0 Å². The lowest BCUT2D eigenvalue weighted by atomic mass is 9.82. The Morgan fingerprint density at radius 1 is 1.00 bits per heavy atom. The molecule has 0 saturated carbocycles. The molecule has 0 unspecified atom stereocenters. The molecule has 0 bridgehead atoms. The summed E-state index contributed by atoms with van der Waals surface area (Å²) in [6.45, 7) is 13.4. The summed E-state index contributed by atoms with van der Waals surface area (Å²) in [4.78, 5) is 0. The normalized spacial score (nSPS) is 31.9. The molecule has 0 aliphatic carbocycles. The van der Waals surface area contributed by atoms with Gasteiger partial charge in [0.1, 0.15) is 0 Å². The van der Waals surface area contributed by atoms with Gasteiger partial charge in [-0.3, -0.25) is 0 Å². The first kappa shape index (κ1) is 14.1. The summed E-state index contributed by atoms with van der Waals surface area (Å²) in [6.07, 6.45) is 1.94. The van der Waals surface area contributed by atoms with Crippen LogP contribution in [0.5, 0.6) is 0 Å². The van der Waals surface area contributed by atoms with Crippen molar-refractivity contribution in [1.82, 2.24) is 0 Å². The van der Waals surface area contributed by atoms with E-state index in [9.17, 15) is 0 Å². The van der Waals surface area contributed by atoms with Crippen LogP contribution in [-0.4, -0.2) is 30.5 Å². The van der Waals surface area contributed by atoms with Crippen molar-refractivity contribution in [1.29, 1.82) is 0 Å². The van der Waals surface area contributed by atoms with Crippen molar-refractivity contribution in [3.63, 3.8) is 0 Å². The van der Waals surface area contributed by atoms with Gasteiger partial charge in [0, 0.05) is 0 Å². The Kier molecular flexibility index (Phi) is 3.42. The fourth-order valence-electron chi connectivity index (χ4n) is 2.44. The molecule has 102 valence electrons. The summed E-state index contributed by atoms with van der Waals surface area (Å²) in [5, 5.41) is 0. The fraction of sp³-hybridized carbons (Fsp3) is 0.857. The largest absolute Gasteiger partial charge is 0.487 e. The predicted molar refractivity (Wildman–Crippen MR) is 73.4 cm³/mol. The topological polar surface area (TPSA) is 27.7 Å². The highest BCUT2D eigenvalue weighted by Crippen LogP contribution is 2.38. The van der Waals surface area contributed by atoms with Gasteiger partial charge in [-0.15, -0.1) is 0 Å². The summed E-state index contributed by atoms with van der Waals surface area (Å²) >= 11 is 0. The third-order valence-corrected chi connectivity index (χ3v) is 4.21. The Balaban J connectivity index is 2.07. The second-order valence-electron chi connectivity index (χ2n) is 6.98. The highest BCUT2D eigenvalue weighted by atomic mass is 16.7. The van der Waals surface area contributed by atoms with Gasteiger partial charge in [0.05, 0.1) is 23.4 Å². The highest BCUT2D eigenvalue weighted by Gasteiger charge is 2.50. The maximum atomic E-state index is 6.00. The SMILES string of the molecule is CC1(C)C/C(=C/B2OC(C)(C)C(C)(C)O2)CCO1. The molecule has 0 N–H and O–H groups in total. The van der Waals surface area contributed by atoms with E-state index < -0.39 is 0 Å². The zero-order chi connectivity index (χ0) is 13.6. The summed E-state index contributed by atoms with van der Waals surface area (Å²) in [7, 11) is -0.223. The number of rotatable bonds is 1. The molecule has 0 aromatic carbocycles. The van der Waals surface area contributed by atoms with Crippen LogP contribution >= 0.6 is 0 Å². The Morgan fingerprint density at radius 2 is 1.56 bits per heavy atom. The average molecular weight is 252 g/mol. The molecule has 4 heteroatoms. The van der Waals surface area contributed by atoms with E-state index in [-0.39, 0.29) is 23.9 Å². The molecule has 0 atom stereocenters. The lowest BCUT2D eigenvalue weighted by Gasteiger charge is -2.32. The average Bonchev–Trinajstić information content (AvgIpc) is 2.32. The zero-order valence-electron chi connectivity index (χ0n) is 12.5. The molecular weight excluding hydrogens is 227 g/mol. The lowest BCUT2D eigenvalue weighted by molar-refractivity contribution is -0.0332. The molecule has 2 aliphatic heterocycles. The van der Waals surface area contributed by atoms with E-state index in [0.717, 1.165) is 19.4 Å². The van der Waals surface area contributed by atoms with Crippen molar-refractivity contribution in [2.75, 3.05) is 6.61 Å². The summed E-state index contributed by atoms with van der Waals surface area (Å²) in [6, 6.07) is 0. The Hall–Kier alpha value is -0.315. The molecule has 0 spiro atoms. The van der Waals surface area contributed by atoms with Crippen LogP contribution in [0.1, 0.15) is 54.4 Å². The third-order valence-electron chi connectivity index (χ3n) is 4.21. The molecule has 0 radical (unpaired) electrons. The molecule has 2 fully saturated rings. The van der Waals surface area contributed by atoms with Crippen LogP contribution in [0.4, 0.5) is 0 Å². The predicted octanol–water partition coefficient (Wildman–Crippen LogP) is 3.13. The van der Waals surface area contributed by atoms with Gasteiger partial charge in [0.15, 0.2) is 0 Å². The number of ether oxygens (including phenoxy) is 1. The second kappa shape index (κ2) is 4.36. The van der Waals surface area contributed by atoms with Crippen LogP contribution in [0.3, 0.4) is 0 Å². The molecule has 2 rings (SSSR count). The zero-order valence-corrected chi connectivity index (χ0v) is 12.5. The minimum Gasteiger partial charge on any atom is -0.400 e. The minimum atomic E-state index is -0.255. The smallest absolute Gasteiger partial charge is 0.400 e. The third kappa shape index (κ3) is 2.81. The van der Waals surface area contributed by atoms with E-state index in [0.29, 0.717) is 0 Å². The molecule has 2 saturated heterocycles. The molecular formula is C14H25BO3. The van der Waals surface area contributed by atoms with Gasteiger partial charge in [-0.1, -0.05) is 11.5 Å². The van der Waals surface area contributed by atoms with Crippen molar-refractivity contribution >= 4 is 7.12 Å². The van der Waals surface area contributed by atoms with Crippen LogP contribution in [-0.2, 0) is 14.0 Å². The molecule has 0 amide bonds. The van der Waals surface area contributed by atoms with Crippen molar-refractivity contribution in [2.45, 2.75) is 71.2 Å². The van der Waals surface area contributed by atoms with Crippen molar-refractivity contribution in [3.8, 4) is 0 Å². The second-order valence-corrected chi connectivity index (χ2v) is 6.98. The van der Waals surface area contributed by atoms with Gasteiger partial charge in [0.2, 0.25) is 0 Å². The highest BCUT2D eigenvalue weighted by molar-refractivity contribution is 6.51. The van der Waals surface area contributed by atoms with Gasteiger partial charge in [-0.25, -0.2) is 0 Å². The van der Waals surface area contributed by atoms with E-state index in [1.807, 2.05) is 0 Å². The standard InChI is InChI=1S/C14H25BO3/c1-12(2)9-11(7-8-16-12)10-15-17-13(3,4)14(5,6)18-15/h10H,7-9H2,1-6H3/b11-10+. The first-order chi connectivity index (χ1) is 8.11. The number of hydrogen-bond donors (Lipinski definition) is 0. The quantitative estimate of drug-likeness (QED) is 0.671. The summed E-state index contributed by atoms with van der Waals surface area (Å²) in [5.74, 6) is 2.14. The molecule has 2 heterocycles. The fourth-order valence-corrected chi connectivity index (χ4v) is 2.44. The Labute approximate surface area is 111 Å². The molecule has 3 nitrogen and oxygen atoms in total. The molecule has 0 aromatic heterocycles. The summed E-state index contributed by atoms with van der Waals surface area (Å²) in [5.41, 5.74) is 0.809. The van der Waals surface area contributed by atoms with Crippen molar-refractivity contribution in [2.24, 2.45) is 0 Å². The maximum Gasteiger partial charge on any atom is 0.487 e. The van der Waals surface area contributed by atoms with Gasteiger partial charge in [0.25, 0.3) is 0 Å². The van der Waals surface area contributed by atoms with E-state index in [4.69, 9.17) is 14.0 Å². The first-order valence-electron chi connectivity index (χ1n) is 6.81. The molecule has 0 aromatic rings. The van der Waals surface area contributed by atoms with Crippen molar-refractivity contribution < 1.29 is 14.0 Å². The Morgan fingerprint density at radius 3 is 2.06 bits per heavy atom. The van der Waals surface area contributed by atoms with Crippen molar-refractivity contribution in [3.05, 3.63) is 11.5 Å². The van der Waals surface area contributed by atoms with Gasteiger partial charge >= 0.3 is 7.12 Å². The van der Waals surface area contributed by atoms with Gasteiger partial charge in [-0.2, -0.15) is 0 Å².